The molecule has 3 N–H and O–H groups in total. The molecule has 0 aliphatic carbocycles. The van der Waals surface area contributed by atoms with Gasteiger partial charge in [0.25, 0.3) is 5.91 Å². The molecule has 3 unspecified atom stereocenters. The predicted octanol–water partition coefficient (Wildman–Crippen LogP) is 5.51. The van der Waals surface area contributed by atoms with Gasteiger partial charge in [0.2, 0.25) is 12.3 Å². The number of nitrogens with zero attached hydrogens (tertiary/aromatic N) is 1. The lowest BCUT2D eigenvalue weighted by Gasteiger charge is -2.32. The van der Waals surface area contributed by atoms with Crippen LogP contribution in [0.4, 0.5) is 0 Å². The van der Waals surface area contributed by atoms with Crippen LogP contribution in [0.3, 0.4) is 0 Å². The number of ether oxygens (including phenoxy) is 1. The number of hydrogen-bond donors (Lipinski definition) is 3. The maximum absolute atomic E-state index is 13.4. The summed E-state index contributed by atoms with van der Waals surface area (Å²) in [6, 6.07) is 6.87. The van der Waals surface area contributed by atoms with E-state index >= 15 is 0 Å². The van der Waals surface area contributed by atoms with E-state index in [2.05, 4.69) is 10.6 Å². The van der Waals surface area contributed by atoms with Crippen LogP contribution < -0.4 is 19.9 Å². The molecular weight excluding hydrogens is 605 g/mol. The van der Waals surface area contributed by atoms with Gasteiger partial charge in [0.15, 0.2) is 11.5 Å². The van der Waals surface area contributed by atoms with Crippen molar-refractivity contribution in [3.8, 4) is 22.8 Å². The number of hydroxylamine groups is 2. The van der Waals surface area contributed by atoms with Crippen molar-refractivity contribution < 1.29 is 47.2 Å². The zero-order chi connectivity index (χ0) is 33.4. The van der Waals surface area contributed by atoms with Crippen molar-refractivity contribution >= 4 is 32.4 Å². The number of benzene rings is 1. The largest absolute Gasteiger partial charge is 0.747 e. The van der Waals surface area contributed by atoms with Crippen LogP contribution in [0.15, 0.2) is 34.7 Å². The first-order valence-corrected chi connectivity index (χ1v) is 16.5. The zero-order valence-electron chi connectivity index (χ0n) is 26.6. The van der Waals surface area contributed by atoms with Gasteiger partial charge in [0.05, 0.1) is 31.2 Å². The van der Waals surface area contributed by atoms with E-state index < -0.39 is 38.0 Å². The van der Waals surface area contributed by atoms with E-state index in [1.165, 1.54) is 18.2 Å². The molecule has 0 radical (unpaired) electrons. The van der Waals surface area contributed by atoms with Gasteiger partial charge in [-0.3, -0.25) is 14.4 Å². The van der Waals surface area contributed by atoms with E-state index in [4.69, 9.17) is 23.4 Å². The average Bonchev–Trinajstić information content (AvgIpc) is 3.51. The number of rotatable bonds is 21. The fourth-order valence-corrected chi connectivity index (χ4v) is 5.16. The smallest absolute Gasteiger partial charge is 0.494 e. The van der Waals surface area contributed by atoms with E-state index in [9.17, 15) is 23.7 Å². The van der Waals surface area contributed by atoms with Crippen molar-refractivity contribution in [1.29, 1.82) is 0 Å². The molecule has 0 fully saturated rings. The summed E-state index contributed by atoms with van der Waals surface area (Å²) < 4.78 is 27.3. The lowest BCUT2D eigenvalue weighted by Crippen LogP contribution is -2.49. The Balaban J connectivity index is 2.12. The number of nitrogens with one attached hydrogen (secondary N) is 2. The lowest BCUT2D eigenvalue weighted by atomic mass is 9.90. The van der Waals surface area contributed by atoms with Crippen LogP contribution in [0.5, 0.6) is 11.5 Å². The van der Waals surface area contributed by atoms with Crippen molar-refractivity contribution in [1.82, 2.24) is 15.7 Å². The molecule has 0 bridgehead atoms. The molecule has 0 saturated carbocycles. The van der Waals surface area contributed by atoms with Crippen LogP contribution in [0.25, 0.3) is 11.3 Å². The third kappa shape index (κ3) is 11.5. The fourth-order valence-electron chi connectivity index (χ4n) is 4.87. The minimum absolute atomic E-state index is 0.0388. The van der Waals surface area contributed by atoms with Crippen LogP contribution in [0, 0.1) is 11.8 Å². The number of amides is 3. The summed E-state index contributed by atoms with van der Waals surface area (Å²) in [5.74, 6) is -1.84. The van der Waals surface area contributed by atoms with Gasteiger partial charge in [0.1, 0.15) is 11.5 Å². The summed E-state index contributed by atoms with van der Waals surface area (Å²) in [6.45, 7) is 9.50. The maximum Gasteiger partial charge on any atom is 0.747 e. The Morgan fingerprint density at radius 3 is 2.31 bits per heavy atom. The Kier molecular flexibility index (Phi) is 16.1. The van der Waals surface area contributed by atoms with Crippen molar-refractivity contribution in [2.75, 3.05) is 13.3 Å². The highest BCUT2D eigenvalue weighted by Gasteiger charge is 2.34. The van der Waals surface area contributed by atoms with Gasteiger partial charge in [-0.1, -0.05) is 47.0 Å². The quantitative estimate of drug-likeness (QED) is 0.0514. The number of carbonyl (C=O) groups excluding carboxylic acids is 4. The molecule has 1 heterocycles. The van der Waals surface area contributed by atoms with E-state index in [0.29, 0.717) is 50.0 Å². The van der Waals surface area contributed by atoms with E-state index in [1.54, 1.807) is 19.1 Å². The van der Waals surface area contributed by atoms with Crippen LogP contribution in [0.2, 0.25) is 0 Å². The van der Waals surface area contributed by atoms with Crippen LogP contribution in [-0.2, 0) is 23.8 Å². The highest BCUT2D eigenvalue weighted by molar-refractivity contribution is 7.32. The molecular formula is C31H45N3O10P+. The summed E-state index contributed by atoms with van der Waals surface area (Å²) in [5, 5.41) is 6.26. The molecule has 14 heteroatoms. The normalized spacial score (nSPS) is 12.6. The molecule has 0 aliphatic rings. The third-order valence-electron chi connectivity index (χ3n) is 7.28. The molecule has 2 aromatic rings. The number of furan rings is 1. The van der Waals surface area contributed by atoms with Gasteiger partial charge >= 0.3 is 14.2 Å². The van der Waals surface area contributed by atoms with E-state index in [-0.39, 0.29) is 29.9 Å². The first-order valence-electron chi connectivity index (χ1n) is 15.4. The fraction of sp³-hybridized carbons (Fsp3) is 0.548. The topological polar surface area (TPSA) is 174 Å². The van der Waals surface area contributed by atoms with Gasteiger partial charge < -0.3 is 24.6 Å². The Hall–Kier alpha value is -3.96. The Morgan fingerprint density at radius 2 is 1.71 bits per heavy atom. The summed E-state index contributed by atoms with van der Waals surface area (Å²) in [5.41, 5.74) is 0.449. The summed E-state index contributed by atoms with van der Waals surface area (Å²) in [4.78, 5) is 65.4. The highest BCUT2D eigenvalue weighted by Crippen LogP contribution is 2.34. The Labute approximate surface area is 264 Å². The van der Waals surface area contributed by atoms with Gasteiger partial charge in [-0.25, -0.2) is 9.32 Å². The zero-order valence-corrected chi connectivity index (χ0v) is 27.5. The van der Waals surface area contributed by atoms with E-state index in [0.717, 1.165) is 24.3 Å². The van der Waals surface area contributed by atoms with Gasteiger partial charge in [-0.2, -0.15) is 5.06 Å². The van der Waals surface area contributed by atoms with Crippen LogP contribution >= 0.6 is 8.25 Å². The standard InChI is InChI=1S/C31H44N3O10P/c1-6-11-12-13-25(26(9-4)34(20-35)43-31(38)21(7-2)8-3)29(36)32-19-33-30(37)28-15-14-27(42-28)22-16-23(41-10-5)18-24(17-22)44-45(39)40/h14-18,20-21,25-26H,6-13,19H2,1-5H3,(H2-,32,33,36,37,39,40)/p+1. The van der Waals surface area contributed by atoms with Crippen molar-refractivity contribution in [2.45, 2.75) is 85.6 Å². The Morgan fingerprint density at radius 1 is 1.00 bits per heavy atom. The SMILES string of the molecule is CCCCCC(C(=O)NCNC(=O)c1ccc(-c2cc(OCC)cc(O[P+](=O)O)c2)o1)C(CC)N(C=O)OC(=O)C(CC)CC. The summed E-state index contributed by atoms with van der Waals surface area (Å²) >= 11 is 0. The average molecular weight is 651 g/mol. The third-order valence-corrected chi connectivity index (χ3v) is 7.65. The maximum atomic E-state index is 13.4. The Bertz CT molecular complexity index is 1280. The first kappa shape index (κ1) is 37.2. The summed E-state index contributed by atoms with van der Waals surface area (Å²) in [7, 11) is -2.90. The van der Waals surface area contributed by atoms with Gasteiger partial charge in [0, 0.05) is 16.2 Å². The predicted molar refractivity (Wildman–Crippen MR) is 166 cm³/mol. The number of unbranched alkanes of at least 4 members (excludes halogenated alkanes) is 2. The highest BCUT2D eigenvalue weighted by atomic mass is 31.1. The van der Waals surface area contributed by atoms with Crippen molar-refractivity contribution in [3.05, 3.63) is 36.1 Å². The van der Waals surface area contributed by atoms with Crippen molar-refractivity contribution in [3.63, 3.8) is 0 Å². The molecule has 2 rings (SSSR count). The lowest BCUT2D eigenvalue weighted by molar-refractivity contribution is -0.208. The monoisotopic (exact) mass is 650 g/mol. The molecule has 0 spiro atoms. The van der Waals surface area contributed by atoms with Gasteiger partial charge in [-0.15, -0.1) is 4.89 Å². The molecule has 13 nitrogen and oxygen atoms in total. The molecule has 0 aliphatic heterocycles. The molecule has 3 atom stereocenters. The minimum Gasteiger partial charge on any atom is -0.494 e. The van der Waals surface area contributed by atoms with Gasteiger partial charge in [-0.05, 0) is 56.9 Å². The number of hydrogen-bond acceptors (Lipinski definition) is 9. The second-order valence-electron chi connectivity index (χ2n) is 10.3. The van der Waals surface area contributed by atoms with Crippen molar-refractivity contribution in [2.24, 2.45) is 11.8 Å². The minimum atomic E-state index is -2.90. The molecule has 1 aromatic carbocycles. The second-order valence-corrected chi connectivity index (χ2v) is 11.0. The second kappa shape index (κ2) is 19.4. The molecule has 3 amide bonds. The summed E-state index contributed by atoms with van der Waals surface area (Å²) in [6.07, 6.45) is 4.93. The van der Waals surface area contributed by atoms with Crippen LogP contribution in [0.1, 0.15) is 90.1 Å². The number of carbonyl (C=O) groups is 4. The molecule has 45 heavy (non-hydrogen) atoms. The molecule has 248 valence electrons. The van der Waals surface area contributed by atoms with Crippen LogP contribution in [-0.4, -0.2) is 53.5 Å². The molecule has 1 aromatic heterocycles. The van der Waals surface area contributed by atoms with E-state index in [1.807, 2.05) is 27.7 Å². The first-order chi connectivity index (χ1) is 21.6. The molecule has 0 saturated heterocycles.